The topological polar surface area (TPSA) is 66.4 Å². The van der Waals surface area contributed by atoms with Gasteiger partial charge in [0.1, 0.15) is 5.82 Å². The number of carbonyl (C=O) groups is 2. The summed E-state index contributed by atoms with van der Waals surface area (Å²) in [6.07, 6.45) is 7.79. The SMILES string of the molecule is CC(=CC(=O)Nc1ccc(F)cc1C(=O)O)c1ccc(C2CCCCC2)cc1. The van der Waals surface area contributed by atoms with Crippen LogP contribution >= 0.6 is 0 Å². The second-order valence-electron chi connectivity index (χ2n) is 7.27. The summed E-state index contributed by atoms with van der Waals surface area (Å²) in [6, 6.07) is 11.5. The summed E-state index contributed by atoms with van der Waals surface area (Å²) in [6.45, 7) is 1.83. The fourth-order valence-electron chi connectivity index (χ4n) is 3.71. The maximum absolute atomic E-state index is 13.3. The maximum Gasteiger partial charge on any atom is 0.337 e. The largest absolute Gasteiger partial charge is 0.478 e. The van der Waals surface area contributed by atoms with Gasteiger partial charge in [0.15, 0.2) is 0 Å². The molecule has 0 bridgehead atoms. The van der Waals surface area contributed by atoms with Crippen molar-refractivity contribution in [3.8, 4) is 0 Å². The molecule has 1 aliphatic rings. The Morgan fingerprint density at radius 1 is 1.07 bits per heavy atom. The molecule has 0 radical (unpaired) electrons. The lowest BCUT2D eigenvalue weighted by molar-refractivity contribution is -0.111. The number of anilines is 1. The molecule has 0 aromatic heterocycles. The first-order valence-corrected chi connectivity index (χ1v) is 9.56. The minimum absolute atomic E-state index is 0.0654. The Kier molecular flexibility index (Phi) is 6.24. The van der Waals surface area contributed by atoms with Crippen LogP contribution in [-0.4, -0.2) is 17.0 Å². The van der Waals surface area contributed by atoms with Gasteiger partial charge in [-0.3, -0.25) is 4.79 Å². The van der Waals surface area contributed by atoms with Gasteiger partial charge in [-0.15, -0.1) is 0 Å². The summed E-state index contributed by atoms with van der Waals surface area (Å²) >= 11 is 0. The Labute approximate surface area is 164 Å². The van der Waals surface area contributed by atoms with Gasteiger partial charge in [-0.1, -0.05) is 43.5 Å². The normalized spacial score (nSPS) is 15.3. The molecule has 1 aliphatic carbocycles. The third-order valence-corrected chi connectivity index (χ3v) is 5.26. The number of aromatic carboxylic acids is 1. The first-order valence-electron chi connectivity index (χ1n) is 9.56. The predicted octanol–water partition coefficient (Wildman–Crippen LogP) is 5.61. The number of halogens is 1. The van der Waals surface area contributed by atoms with E-state index in [-0.39, 0.29) is 11.3 Å². The van der Waals surface area contributed by atoms with E-state index >= 15 is 0 Å². The second-order valence-corrected chi connectivity index (χ2v) is 7.27. The van der Waals surface area contributed by atoms with Crippen LogP contribution in [0.5, 0.6) is 0 Å². The van der Waals surface area contributed by atoms with Crippen molar-refractivity contribution < 1.29 is 19.1 Å². The lowest BCUT2D eigenvalue weighted by Gasteiger charge is -2.22. The van der Waals surface area contributed by atoms with Crippen LogP contribution in [0.4, 0.5) is 10.1 Å². The van der Waals surface area contributed by atoms with Gasteiger partial charge in [0.2, 0.25) is 5.91 Å². The first-order chi connectivity index (χ1) is 13.4. The number of rotatable bonds is 5. The molecule has 28 heavy (non-hydrogen) atoms. The molecule has 5 heteroatoms. The van der Waals surface area contributed by atoms with Gasteiger partial charge in [0, 0.05) is 6.08 Å². The van der Waals surface area contributed by atoms with Gasteiger partial charge in [0.05, 0.1) is 11.3 Å². The van der Waals surface area contributed by atoms with E-state index in [4.69, 9.17) is 5.11 Å². The number of hydrogen-bond acceptors (Lipinski definition) is 2. The quantitative estimate of drug-likeness (QED) is 0.661. The highest BCUT2D eigenvalue weighted by molar-refractivity contribution is 6.07. The summed E-state index contributed by atoms with van der Waals surface area (Å²) in [7, 11) is 0. The molecule has 0 saturated heterocycles. The van der Waals surface area contributed by atoms with Crippen LogP contribution in [0.3, 0.4) is 0 Å². The van der Waals surface area contributed by atoms with E-state index in [1.165, 1.54) is 49.8 Å². The molecule has 0 aliphatic heterocycles. The van der Waals surface area contributed by atoms with Gasteiger partial charge >= 0.3 is 5.97 Å². The van der Waals surface area contributed by atoms with E-state index in [0.717, 1.165) is 23.3 Å². The molecular weight excluding hydrogens is 357 g/mol. The Balaban J connectivity index is 1.71. The standard InChI is InChI=1S/C23H24FNO3/c1-15(16-7-9-18(10-8-16)17-5-3-2-4-6-17)13-22(26)25-21-12-11-19(24)14-20(21)23(27)28/h7-14,17H,2-6H2,1H3,(H,25,26)(H,27,28). The van der Waals surface area contributed by atoms with E-state index in [0.29, 0.717) is 5.92 Å². The van der Waals surface area contributed by atoms with Crippen molar-refractivity contribution in [2.45, 2.75) is 44.9 Å². The zero-order valence-corrected chi connectivity index (χ0v) is 15.9. The molecule has 0 heterocycles. The molecular formula is C23H24FNO3. The number of amides is 1. The molecule has 0 atom stereocenters. The molecule has 1 fully saturated rings. The van der Waals surface area contributed by atoms with Crippen molar-refractivity contribution in [1.82, 2.24) is 0 Å². The van der Waals surface area contributed by atoms with Crippen LogP contribution in [0.15, 0.2) is 48.5 Å². The number of benzene rings is 2. The van der Waals surface area contributed by atoms with Crippen LogP contribution in [-0.2, 0) is 4.79 Å². The van der Waals surface area contributed by atoms with Crippen molar-refractivity contribution in [2.75, 3.05) is 5.32 Å². The van der Waals surface area contributed by atoms with E-state index in [9.17, 15) is 14.0 Å². The Bertz CT molecular complexity index is 897. The zero-order valence-electron chi connectivity index (χ0n) is 15.9. The molecule has 3 rings (SSSR count). The maximum atomic E-state index is 13.3. The Hall–Kier alpha value is -2.95. The van der Waals surface area contributed by atoms with Gasteiger partial charge in [-0.2, -0.15) is 0 Å². The zero-order chi connectivity index (χ0) is 20.1. The molecule has 1 saturated carbocycles. The number of carboxylic acids is 1. The Morgan fingerprint density at radius 2 is 1.75 bits per heavy atom. The van der Waals surface area contributed by atoms with Crippen molar-refractivity contribution in [3.05, 3.63) is 71.0 Å². The van der Waals surface area contributed by atoms with Gasteiger partial charge in [0.25, 0.3) is 0 Å². The van der Waals surface area contributed by atoms with E-state index in [1.54, 1.807) is 0 Å². The molecule has 0 unspecified atom stereocenters. The number of carboxylic acid groups (broad SMARTS) is 1. The number of carbonyl (C=O) groups excluding carboxylic acids is 1. The molecule has 1 amide bonds. The molecule has 0 spiro atoms. The average Bonchev–Trinajstić information content (AvgIpc) is 2.70. The number of hydrogen-bond donors (Lipinski definition) is 2. The number of nitrogens with one attached hydrogen (secondary N) is 1. The van der Waals surface area contributed by atoms with Gasteiger partial charge < -0.3 is 10.4 Å². The minimum atomic E-state index is -1.30. The molecule has 2 N–H and O–H groups in total. The van der Waals surface area contributed by atoms with E-state index in [2.05, 4.69) is 17.4 Å². The third-order valence-electron chi connectivity index (χ3n) is 5.26. The smallest absolute Gasteiger partial charge is 0.337 e. The third kappa shape index (κ3) is 4.85. The van der Waals surface area contributed by atoms with E-state index in [1.807, 2.05) is 19.1 Å². The molecule has 2 aromatic carbocycles. The van der Waals surface area contributed by atoms with Crippen molar-refractivity contribution in [3.63, 3.8) is 0 Å². The lowest BCUT2D eigenvalue weighted by Crippen LogP contribution is -2.12. The molecule has 146 valence electrons. The minimum Gasteiger partial charge on any atom is -0.478 e. The fourth-order valence-corrected chi connectivity index (χ4v) is 3.71. The number of allylic oxidation sites excluding steroid dienone is 1. The first kappa shape index (κ1) is 19.8. The summed E-state index contributed by atoms with van der Waals surface area (Å²) in [5.74, 6) is -1.79. The summed E-state index contributed by atoms with van der Waals surface area (Å²) in [5, 5.41) is 11.7. The highest BCUT2D eigenvalue weighted by Crippen LogP contribution is 2.33. The highest BCUT2D eigenvalue weighted by atomic mass is 19.1. The second kappa shape index (κ2) is 8.83. The molecule has 4 nitrogen and oxygen atoms in total. The van der Waals surface area contributed by atoms with Gasteiger partial charge in [-0.05, 0) is 60.6 Å². The van der Waals surface area contributed by atoms with Crippen molar-refractivity contribution in [1.29, 1.82) is 0 Å². The van der Waals surface area contributed by atoms with Crippen LogP contribution in [0, 0.1) is 5.82 Å². The summed E-state index contributed by atoms with van der Waals surface area (Å²) in [4.78, 5) is 23.5. The fraction of sp³-hybridized carbons (Fsp3) is 0.304. The Morgan fingerprint density at radius 3 is 2.39 bits per heavy atom. The summed E-state index contributed by atoms with van der Waals surface area (Å²) in [5.41, 5.74) is 2.84. The lowest BCUT2D eigenvalue weighted by atomic mass is 9.84. The summed E-state index contributed by atoms with van der Waals surface area (Å²) < 4.78 is 13.3. The van der Waals surface area contributed by atoms with E-state index < -0.39 is 17.7 Å². The van der Waals surface area contributed by atoms with Crippen LogP contribution in [0.25, 0.3) is 5.57 Å². The predicted molar refractivity (Wildman–Crippen MR) is 108 cm³/mol. The van der Waals surface area contributed by atoms with Crippen molar-refractivity contribution >= 4 is 23.1 Å². The average molecular weight is 381 g/mol. The monoisotopic (exact) mass is 381 g/mol. The van der Waals surface area contributed by atoms with Crippen LogP contribution < -0.4 is 5.32 Å². The molecule has 2 aromatic rings. The highest BCUT2D eigenvalue weighted by Gasteiger charge is 2.16. The van der Waals surface area contributed by atoms with Crippen LogP contribution in [0.2, 0.25) is 0 Å². The van der Waals surface area contributed by atoms with Crippen LogP contribution in [0.1, 0.15) is 66.4 Å². The van der Waals surface area contributed by atoms with Crippen molar-refractivity contribution in [2.24, 2.45) is 0 Å². The van der Waals surface area contributed by atoms with Gasteiger partial charge in [-0.25, -0.2) is 9.18 Å².